The number of carbonyl (C=O) groups is 1. The van der Waals surface area contributed by atoms with E-state index in [9.17, 15) is 9.59 Å². The van der Waals surface area contributed by atoms with Gasteiger partial charge in [0.1, 0.15) is 11.2 Å². The maximum absolute atomic E-state index is 11.7. The number of aromatic nitrogens is 3. The number of hydrogen-bond acceptors (Lipinski definition) is 5. The zero-order valence-corrected chi connectivity index (χ0v) is 9.04. The molecule has 82 valence electrons. The van der Waals surface area contributed by atoms with Crippen LogP contribution in [0.2, 0.25) is 0 Å². The molecule has 0 bridgehead atoms. The minimum atomic E-state index is -1.27. The van der Waals surface area contributed by atoms with Crippen molar-refractivity contribution in [3.8, 4) is 0 Å². The third kappa shape index (κ3) is 1.65. The Morgan fingerprint density at radius 2 is 2.31 bits per heavy atom. The van der Waals surface area contributed by atoms with Gasteiger partial charge in [-0.1, -0.05) is 11.8 Å². The lowest BCUT2D eigenvalue weighted by Gasteiger charge is -2.00. The maximum atomic E-state index is 11.7. The largest absolute Gasteiger partial charge is 0.477 e. The van der Waals surface area contributed by atoms with Crippen molar-refractivity contribution in [2.75, 3.05) is 6.26 Å². The molecule has 0 atom stereocenters. The molecule has 16 heavy (non-hydrogen) atoms. The molecule has 2 aromatic rings. The molecule has 0 amide bonds. The first-order valence-corrected chi connectivity index (χ1v) is 5.51. The number of nitrogens with one attached hydrogen (secondary N) is 1. The molecule has 0 spiro atoms. The Morgan fingerprint density at radius 3 is 2.94 bits per heavy atom. The van der Waals surface area contributed by atoms with Crippen molar-refractivity contribution in [2.24, 2.45) is 0 Å². The van der Waals surface area contributed by atoms with Gasteiger partial charge in [0.2, 0.25) is 5.43 Å². The molecule has 0 aliphatic heterocycles. The Hall–Kier alpha value is -1.89. The number of rotatable bonds is 2. The van der Waals surface area contributed by atoms with Crippen molar-refractivity contribution in [3.05, 3.63) is 28.2 Å². The van der Waals surface area contributed by atoms with Gasteiger partial charge in [0, 0.05) is 12.4 Å². The molecule has 2 rings (SSSR count). The highest BCUT2D eigenvalue weighted by molar-refractivity contribution is 7.98. The highest BCUT2D eigenvalue weighted by atomic mass is 32.2. The fraction of sp³-hybridized carbons (Fsp3) is 0.111. The summed E-state index contributed by atoms with van der Waals surface area (Å²) >= 11 is 1.34. The lowest BCUT2D eigenvalue weighted by atomic mass is 10.2. The second kappa shape index (κ2) is 3.93. The molecular weight excluding hydrogens is 230 g/mol. The summed E-state index contributed by atoms with van der Waals surface area (Å²) in [6, 6.07) is 0. The number of carboxylic acids is 1. The third-order valence-corrected chi connectivity index (χ3v) is 2.58. The monoisotopic (exact) mass is 237 g/mol. The topological polar surface area (TPSA) is 95.9 Å². The van der Waals surface area contributed by atoms with Crippen LogP contribution < -0.4 is 5.43 Å². The molecule has 7 heteroatoms. The maximum Gasteiger partial charge on any atom is 0.341 e. The van der Waals surface area contributed by atoms with Crippen LogP contribution in [0.15, 0.2) is 22.3 Å². The van der Waals surface area contributed by atoms with E-state index < -0.39 is 11.4 Å². The minimum Gasteiger partial charge on any atom is -0.477 e. The molecule has 0 aliphatic carbocycles. The minimum absolute atomic E-state index is 0.178. The zero-order chi connectivity index (χ0) is 11.7. The number of hydrogen-bond donors (Lipinski definition) is 2. The van der Waals surface area contributed by atoms with Crippen LogP contribution in [0.4, 0.5) is 0 Å². The van der Waals surface area contributed by atoms with Crippen molar-refractivity contribution >= 4 is 28.8 Å². The van der Waals surface area contributed by atoms with Gasteiger partial charge < -0.3 is 10.1 Å². The number of aromatic carboxylic acids is 1. The average molecular weight is 237 g/mol. The van der Waals surface area contributed by atoms with Crippen LogP contribution in [0.5, 0.6) is 0 Å². The predicted molar refractivity (Wildman–Crippen MR) is 58.9 cm³/mol. The van der Waals surface area contributed by atoms with E-state index in [4.69, 9.17) is 5.11 Å². The van der Waals surface area contributed by atoms with Crippen molar-refractivity contribution < 1.29 is 9.90 Å². The summed E-state index contributed by atoms with van der Waals surface area (Å²) in [7, 11) is 0. The summed E-state index contributed by atoms with van der Waals surface area (Å²) in [5, 5.41) is 9.46. The van der Waals surface area contributed by atoms with Gasteiger partial charge in [0.25, 0.3) is 0 Å². The van der Waals surface area contributed by atoms with Gasteiger partial charge in [0.15, 0.2) is 5.16 Å². The van der Waals surface area contributed by atoms with Crippen molar-refractivity contribution in [2.45, 2.75) is 5.16 Å². The molecule has 0 aromatic carbocycles. The molecule has 0 radical (unpaired) electrons. The molecule has 2 aromatic heterocycles. The number of H-pyrrole nitrogens is 1. The Morgan fingerprint density at radius 1 is 1.56 bits per heavy atom. The van der Waals surface area contributed by atoms with Gasteiger partial charge in [0.05, 0.1) is 5.39 Å². The number of thioether (sulfide) groups is 1. The molecular formula is C9H7N3O3S. The van der Waals surface area contributed by atoms with E-state index in [0.29, 0.717) is 10.8 Å². The van der Waals surface area contributed by atoms with E-state index in [1.807, 2.05) is 6.26 Å². The fourth-order valence-corrected chi connectivity index (χ4v) is 1.59. The fourth-order valence-electron chi connectivity index (χ4n) is 1.25. The quantitative estimate of drug-likeness (QED) is 0.590. The smallest absolute Gasteiger partial charge is 0.341 e. The molecule has 2 heterocycles. The van der Waals surface area contributed by atoms with E-state index in [-0.39, 0.29) is 10.9 Å². The Labute approximate surface area is 93.7 Å². The first kappa shape index (κ1) is 10.6. The second-order valence-electron chi connectivity index (χ2n) is 2.96. The third-order valence-electron chi connectivity index (χ3n) is 2.02. The van der Waals surface area contributed by atoms with Gasteiger partial charge >= 0.3 is 5.97 Å². The van der Waals surface area contributed by atoms with Crippen LogP contribution in [0, 0.1) is 0 Å². The standard InChI is InChI=1S/C9H7N3O3S/c1-16-9-11-2-4-6(13)5(8(14)15)3-10-7(4)12-9/h2-3H,1H3,(H,14,15)(H,10,11,12,13). The highest BCUT2D eigenvalue weighted by Gasteiger charge is 2.12. The van der Waals surface area contributed by atoms with Crippen LogP contribution >= 0.6 is 11.8 Å². The zero-order valence-electron chi connectivity index (χ0n) is 8.22. The van der Waals surface area contributed by atoms with E-state index in [1.54, 1.807) is 0 Å². The van der Waals surface area contributed by atoms with E-state index in [2.05, 4.69) is 15.0 Å². The summed E-state index contributed by atoms with van der Waals surface area (Å²) in [5.74, 6) is -1.27. The Bertz CT molecular complexity index is 623. The van der Waals surface area contributed by atoms with Crippen LogP contribution in [-0.4, -0.2) is 32.3 Å². The second-order valence-corrected chi connectivity index (χ2v) is 3.73. The first-order chi connectivity index (χ1) is 7.63. The average Bonchev–Trinajstić information content (AvgIpc) is 2.28. The van der Waals surface area contributed by atoms with Crippen molar-refractivity contribution in [3.63, 3.8) is 0 Å². The van der Waals surface area contributed by atoms with Crippen LogP contribution in [0.1, 0.15) is 10.4 Å². The normalized spacial score (nSPS) is 10.6. The van der Waals surface area contributed by atoms with Crippen LogP contribution in [0.25, 0.3) is 11.0 Å². The summed E-state index contributed by atoms with van der Waals surface area (Å²) in [6.07, 6.45) is 4.29. The summed E-state index contributed by atoms with van der Waals surface area (Å²) in [4.78, 5) is 33.1. The van der Waals surface area contributed by atoms with Crippen molar-refractivity contribution in [1.29, 1.82) is 0 Å². The molecule has 0 fully saturated rings. The Balaban J connectivity index is 2.77. The van der Waals surface area contributed by atoms with Gasteiger partial charge in [-0.25, -0.2) is 14.8 Å². The van der Waals surface area contributed by atoms with Crippen LogP contribution in [-0.2, 0) is 0 Å². The van der Waals surface area contributed by atoms with E-state index in [0.717, 1.165) is 6.20 Å². The summed E-state index contributed by atoms with van der Waals surface area (Å²) in [5.41, 5.74) is -0.545. The number of carboxylic acid groups (broad SMARTS) is 1. The summed E-state index contributed by atoms with van der Waals surface area (Å²) in [6.45, 7) is 0. The molecule has 0 unspecified atom stereocenters. The van der Waals surface area contributed by atoms with Gasteiger partial charge in [-0.3, -0.25) is 4.79 Å². The number of fused-ring (bicyclic) bond motifs is 1. The van der Waals surface area contributed by atoms with Gasteiger partial charge in [-0.05, 0) is 6.26 Å². The predicted octanol–water partition coefficient (Wildman–Crippen LogP) is 0.738. The number of nitrogens with zero attached hydrogens (tertiary/aromatic N) is 2. The number of aromatic amines is 1. The van der Waals surface area contributed by atoms with E-state index >= 15 is 0 Å². The Kier molecular flexibility index (Phi) is 2.61. The SMILES string of the molecule is CSc1ncc2c(=O)c(C(=O)O)c[nH]c2n1. The van der Waals surface area contributed by atoms with Crippen molar-refractivity contribution in [1.82, 2.24) is 15.0 Å². The van der Waals surface area contributed by atoms with E-state index in [1.165, 1.54) is 18.0 Å². The number of pyridine rings is 1. The first-order valence-electron chi connectivity index (χ1n) is 4.29. The van der Waals surface area contributed by atoms with Gasteiger partial charge in [-0.2, -0.15) is 0 Å². The lowest BCUT2D eigenvalue weighted by molar-refractivity contribution is 0.0695. The molecule has 6 nitrogen and oxygen atoms in total. The molecule has 0 saturated carbocycles. The molecule has 0 aliphatic rings. The highest BCUT2D eigenvalue weighted by Crippen LogP contribution is 2.11. The van der Waals surface area contributed by atoms with Crippen LogP contribution in [0.3, 0.4) is 0 Å². The molecule has 2 N–H and O–H groups in total. The lowest BCUT2D eigenvalue weighted by Crippen LogP contribution is -2.16. The summed E-state index contributed by atoms with van der Waals surface area (Å²) < 4.78 is 0. The molecule has 0 saturated heterocycles. The van der Waals surface area contributed by atoms with Gasteiger partial charge in [-0.15, -0.1) is 0 Å².